The van der Waals surface area contributed by atoms with Gasteiger partial charge in [-0.05, 0) is 23.8 Å². The van der Waals surface area contributed by atoms with Gasteiger partial charge in [-0.25, -0.2) is 0 Å². The summed E-state index contributed by atoms with van der Waals surface area (Å²) < 4.78 is 18.9. The van der Waals surface area contributed by atoms with Gasteiger partial charge in [-0.15, -0.1) is 10.2 Å². The lowest BCUT2D eigenvalue weighted by atomic mass is 10.0. The highest BCUT2D eigenvalue weighted by Crippen LogP contribution is 2.42. The molecule has 0 saturated carbocycles. The molecule has 3 aliphatic heterocycles. The predicted molar refractivity (Wildman–Crippen MR) is 118 cm³/mol. The third-order valence-corrected chi connectivity index (χ3v) is 5.63. The highest BCUT2D eigenvalue weighted by Gasteiger charge is 2.23. The maximum atomic E-state index is 5.64. The SMILES string of the molecule is COc1cccc(Cn2cc3c(-c4ccccc4)nnc-3c3cc4c(cc32)OCO4)c1. The average Bonchev–Trinajstić information content (AvgIpc) is 3.45. The molecule has 3 aromatic rings. The summed E-state index contributed by atoms with van der Waals surface area (Å²) in [5, 5.41) is 10.1. The molecule has 0 radical (unpaired) electrons. The first-order chi connectivity index (χ1) is 15.3. The molecule has 0 aliphatic carbocycles. The number of benzene rings is 3. The average molecular weight is 409 g/mol. The maximum Gasteiger partial charge on any atom is 0.231 e. The first-order valence-corrected chi connectivity index (χ1v) is 10.1. The minimum atomic E-state index is 0.229. The van der Waals surface area contributed by atoms with Crippen molar-refractivity contribution in [1.82, 2.24) is 14.8 Å². The van der Waals surface area contributed by atoms with Gasteiger partial charge in [0.2, 0.25) is 6.79 Å². The van der Waals surface area contributed by atoms with E-state index in [1.807, 2.05) is 42.5 Å². The summed E-state index contributed by atoms with van der Waals surface area (Å²) in [5.74, 6) is 2.31. The highest BCUT2D eigenvalue weighted by atomic mass is 16.7. The Morgan fingerprint density at radius 3 is 2.55 bits per heavy atom. The molecule has 0 amide bonds. The summed E-state index contributed by atoms with van der Waals surface area (Å²) in [6.07, 6.45) is 2.13. The number of aromatic nitrogens is 3. The van der Waals surface area contributed by atoms with E-state index >= 15 is 0 Å². The monoisotopic (exact) mass is 409 g/mol. The number of pyridine rings is 1. The van der Waals surface area contributed by atoms with Gasteiger partial charge in [-0.2, -0.15) is 0 Å². The lowest BCUT2D eigenvalue weighted by Gasteiger charge is -2.16. The standard InChI is InChI=1S/C25H19N3O3/c1-29-18-9-5-6-16(10-18)13-28-14-20-24(17-7-3-2-4-8-17)26-27-25(20)19-11-22-23(12-21(19)28)31-15-30-22/h2-12,14H,13,15H2,1H3. The first kappa shape index (κ1) is 17.8. The van der Waals surface area contributed by atoms with E-state index < -0.39 is 0 Å². The Balaban J connectivity index is 1.59. The van der Waals surface area contributed by atoms with E-state index in [2.05, 4.69) is 45.2 Å². The van der Waals surface area contributed by atoms with Crippen LogP contribution in [0.5, 0.6) is 17.2 Å². The van der Waals surface area contributed by atoms with Gasteiger partial charge in [0.15, 0.2) is 11.5 Å². The fourth-order valence-electron chi connectivity index (χ4n) is 4.13. The van der Waals surface area contributed by atoms with Crippen molar-refractivity contribution < 1.29 is 14.2 Å². The lowest BCUT2D eigenvalue weighted by molar-refractivity contribution is 0.174. The molecule has 0 aromatic heterocycles. The van der Waals surface area contributed by atoms with Crippen LogP contribution in [0.2, 0.25) is 0 Å². The molecule has 3 heterocycles. The maximum absolute atomic E-state index is 5.64. The van der Waals surface area contributed by atoms with Crippen LogP contribution < -0.4 is 14.2 Å². The molecule has 0 spiro atoms. The molecule has 152 valence electrons. The van der Waals surface area contributed by atoms with Crippen LogP contribution in [0.15, 0.2) is 72.9 Å². The molecule has 3 aliphatic rings. The molecule has 31 heavy (non-hydrogen) atoms. The van der Waals surface area contributed by atoms with E-state index in [4.69, 9.17) is 14.2 Å². The molecule has 0 bridgehead atoms. The van der Waals surface area contributed by atoms with Crippen molar-refractivity contribution in [2.24, 2.45) is 0 Å². The Labute approximate surface area is 179 Å². The number of methoxy groups -OCH3 is 1. The normalized spacial score (nSPS) is 12.5. The molecule has 0 N–H and O–H groups in total. The number of nitrogens with zero attached hydrogens (tertiary/aromatic N) is 3. The Hall–Kier alpha value is -4.06. The van der Waals surface area contributed by atoms with Crippen LogP contribution >= 0.6 is 0 Å². The smallest absolute Gasteiger partial charge is 0.231 e. The summed E-state index contributed by atoms with van der Waals surface area (Å²) >= 11 is 0. The van der Waals surface area contributed by atoms with Crippen LogP contribution in [0.3, 0.4) is 0 Å². The number of hydrogen-bond acceptors (Lipinski definition) is 5. The van der Waals surface area contributed by atoms with Gasteiger partial charge in [0, 0.05) is 35.3 Å². The van der Waals surface area contributed by atoms with Crippen molar-refractivity contribution in [3.8, 4) is 39.8 Å². The number of ether oxygens (including phenoxy) is 3. The molecule has 6 nitrogen and oxygen atoms in total. The molecule has 0 saturated heterocycles. The Morgan fingerprint density at radius 1 is 0.903 bits per heavy atom. The Morgan fingerprint density at radius 2 is 1.71 bits per heavy atom. The number of rotatable bonds is 4. The molecular formula is C25H19N3O3. The van der Waals surface area contributed by atoms with Gasteiger partial charge < -0.3 is 18.8 Å². The largest absolute Gasteiger partial charge is 0.497 e. The summed E-state index contributed by atoms with van der Waals surface area (Å²) in [5.41, 5.74) is 5.91. The van der Waals surface area contributed by atoms with Gasteiger partial charge in [0.1, 0.15) is 17.1 Å². The minimum Gasteiger partial charge on any atom is -0.497 e. The van der Waals surface area contributed by atoms with Crippen molar-refractivity contribution >= 4 is 10.9 Å². The predicted octanol–water partition coefficient (Wildman–Crippen LogP) is 4.99. The number of fused-ring (bicyclic) bond motifs is 4. The fourth-order valence-corrected chi connectivity index (χ4v) is 4.13. The molecule has 6 heteroatoms. The second kappa shape index (κ2) is 7.02. The van der Waals surface area contributed by atoms with Crippen LogP contribution in [0.4, 0.5) is 0 Å². The molecule has 0 atom stereocenters. The molecule has 0 fully saturated rings. The molecule has 0 unspecified atom stereocenters. The first-order valence-electron chi connectivity index (χ1n) is 10.1. The van der Waals surface area contributed by atoms with E-state index in [1.54, 1.807) is 7.11 Å². The van der Waals surface area contributed by atoms with Gasteiger partial charge in [0.25, 0.3) is 0 Å². The van der Waals surface area contributed by atoms with E-state index in [-0.39, 0.29) is 6.79 Å². The lowest BCUT2D eigenvalue weighted by Crippen LogP contribution is -2.04. The van der Waals surface area contributed by atoms with Crippen LogP contribution in [0, 0.1) is 0 Å². The van der Waals surface area contributed by atoms with Crippen LogP contribution in [0.25, 0.3) is 33.4 Å². The highest BCUT2D eigenvalue weighted by molar-refractivity contribution is 5.99. The van der Waals surface area contributed by atoms with Gasteiger partial charge in [-0.1, -0.05) is 42.5 Å². The fraction of sp³-hybridized carbons (Fsp3) is 0.120. The topological polar surface area (TPSA) is 58.4 Å². The zero-order valence-corrected chi connectivity index (χ0v) is 16.9. The van der Waals surface area contributed by atoms with Crippen LogP contribution in [-0.4, -0.2) is 28.7 Å². The third kappa shape index (κ3) is 2.95. The van der Waals surface area contributed by atoms with Crippen LogP contribution in [-0.2, 0) is 6.54 Å². The van der Waals surface area contributed by atoms with E-state index in [9.17, 15) is 0 Å². The van der Waals surface area contributed by atoms with Crippen molar-refractivity contribution in [2.45, 2.75) is 6.54 Å². The third-order valence-electron chi connectivity index (χ3n) is 5.63. The number of hydrogen-bond donors (Lipinski definition) is 0. The second-order valence-corrected chi connectivity index (χ2v) is 7.51. The van der Waals surface area contributed by atoms with Gasteiger partial charge in [0.05, 0.1) is 12.6 Å². The zero-order valence-electron chi connectivity index (χ0n) is 16.9. The van der Waals surface area contributed by atoms with Crippen LogP contribution in [0.1, 0.15) is 5.56 Å². The Bertz CT molecular complexity index is 1380. The molecule has 6 rings (SSSR count). The summed E-state index contributed by atoms with van der Waals surface area (Å²) in [6.45, 7) is 0.898. The van der Waals surface area contributed by atoms with Gasteiger partial charge in [-0.3, -0.25) is 0 Å². The summed E-state index contributed by atoms with van der Waals surface area (Å²) in [4.78, 5) is 0. The second-order valence-electron chi connectivity index (χ2n) is 7.51. The Kier molecular flexibility index (Phi) is 4.02. The minimum absolute atomic E-state index is 0.229. The van der Waals surface area contributed by atoms with Crippen molar-refractivity contribution in [1.29, 1.82) is 0 Å². The quantitative estimate of drug-likeness (QED) is 0.419. The zero-order chi connectivity index (χ0) is 20.8. The molecule has 3 aromatic carbocycles. The van der Waals surface area contributed by atoms with E-state index in [0.717, 1.165) is 56.2 Å². The summed E-state index contributed by atoms with van der Waals surface area (Å²) in [7, 11) is 1.68. The summed E-state index contributed by atoms with van der Waals surface area (Å²) in [6, 6.07) is 22.3. The van der Waals surface area contributed by atoms with E-state index in [1.165, 1.54) is 0 Å². The van der Waals surface area contributed by atoms with Gasteiger partial charge >= 0.3 is 0 Å². The van der Waals surface area contributed by atoms with E-state index in [0.29, 0.717) is 6.54 Å². The van der Waals surface area contributed by atoms with Crippen molar-refractivity contribution in [2.75, 3.05) is 13.9 Å². The molecular weight excluding hydrogens is 390 g/mol. The van der Waals surface area contributed by atoms with Crippen molar-refractivity contribution in [3.05, 3.63) is 78.5 Å². The van der Waals surface area contributed by atoms with Crippen molar-refractivity contribution in [3.63, 3.8) is 0 Å².